The van der Waals surface area contributed by atoms with E-state index in [0.29, 0.717) is 5.02 Å². The fourth-order valence-electron chi connectivity index (χ4n) is 2.86. The van der Waals surface area contributed by atoms with Crippen LogP contribution in [0.5, 0.6) is 0 Å². The van der Waals surface area contributed by atoms with Crippen LogP contribution in [0.2, 0.25) is 5.02 Å². The van der Waals surface area contributed by atoms with Crippen molar-refractivity contribution in [1.29, 1.82) is 0 Å². The molecule has 0 aliphatic heterocycles. The van der Waals surface area contributed by atoms with Gasteiger partial charge in [0.1, 0.15) is 16.2 Å². The SMILES string of the molecule is Cc1c(Cl)cccc1NC(=O)CSc1ncnc2scc(-c3ccc(Br)cc3)c12. The van der Waals surface area contributed by atoms with Crippen molar-refractivity contribution in [3.63, 3.8) is 0 Å². The van der Waals surface area contributed by atoms with Gasteiger partial charge < -0.3 is 5.32 Å². The Morgan fingerprint density at radius 2 is 2.00 bits per heavy atom. The van der Waals surface area contributed by atoms with Gasteiger partial charge in [0.05, 0.1) is 11.1 Å². The first-order valence-electron chi connectivity index (χ1n) is 8.69. The topological polar surface area (TPSA) is 54.9 Å². The zero-order valence-corrected chi connectivity index (χ0v) is 19.3. The summed E-state index contributed by atoms with van der Waals surface area (Å²) < 4.78 is 1.03. The molecular weight excluding hydrogens is 490 g/mol. The Balaban J connectivity index is 1.56. The number of benzene rings is 2. The van der Waals surface area contributed by atoms with E-state index in [0.717, 1.165) is 42.1 Å². The summed E-state index contributed by atoms with van der Waals surface area (Å²) in [5.74, 6) is 0.140. The molecule has 2 aromatic heterocycles. The van der Waals surface area contributed by atoms with Gasteiger partial charge in [-0.3, -0.25) is 4.79 Å². The van der Waals surface area contributed by atoms with Crippen molar-refractivity contribution in [2.24, 2.45) is 0 Å². The van der Waals surface area contributed by atoms with Gasteiger partial charge in [0, 0.05) is 26.1 Å². The average molecular weight is 505 g/mol. The van der Waals surface area contributed by atoms with E-state index in [4.69, 9.17) is 11.6 Å². The highest BCUT2D eigenvalue weighted by atomic mass is 79.9. The molecule has 0 bridgehead atoms. The predicted octanol–water partition coefficient (Wildman–Crippen LogP) is 6.81. The van der Waals surface area contributed by atoms with E-state index in [9.17, 15) is 4.79 Å². The zero-order valence-electron chi connectivity index (χ0n) is 15.3. The third-order valence-electron chi connectivity index (χ3n) is 4.37. The van der Waals surface area contributed by atoms with Crippen LogP contribution in [0, 0.1) is 6.92 Å². The lowest BCUT2D eigenvalue weighted by Crippen LogP contribution is -2.15. The number of halogens is 2. The minimum Gasteiger partial charge on any atom is -0.325 e. The first kappa shape index (κ1) is 20.3. The first-order valence-corrected chi connectivity index (χ1v) is 11.7. The quantitative estimate of drug-likeness (QED) is 0.239. The molecule has 4 nitrogen and oxygen atoms in total. The highest BCUT2D eigenvalue weighted by Crippen LogP contribution is 2.38. The number of thiophene rings is 1. The van der Waals surface area contributed by atoms with E-state index in [2.05, 4.69) is 48.7 Å². The lowest BCUT2D eigenvalue weighted by atomic mass is 10.1. The van der Waals surface area contributed by atoms with Crippen molar-refractivity contribution in [3.8, 4) is 11.1 Å². The molecule has 0 spiro atoms. The first-order chi connectivity index (χ1) is 14.0. The summed E-state index contributed by atoms with van der Waals surface area (Å²) in [6.45, 7) is 1.88. The number of hydrogen-bond acceptors (Lipinski definition) is 5. The summed E-state index contributed by atoms with van der Waals surface area (Å²) in [5.41, 5.74) is 3.75. The second-order valence-electron chi connectivity index (χ2n) is 6.26. The van der Waals surface area contributed by atoms with Gasteiger partial charge in [-0.15, -0.1) is 11.3 Å². The molecule has 0 unspecified atom stereocenters. The molecule has 0 atom stereocenters. The van der Waals surface area contributed by atoms with E-state index in [1.54, 1.807) is 23.7 Å². The van der Waals surface area contributed by atoms with E-state index >= 15 is 0 Å². The molecule has 2 heterocycles. The molecule has 1 amide bonds. The number of hydrogen-bond donors (Lipinski definition) is 1. The molecular formula is C21H15BrClN3OS2. The molecule has 0 aliphatic carbocycles. The predicted molar refractivity (Wildman–Crippen MR) is 126 cm³/mol. The van der Waals surface area contributed by atoms with Crippen LogP contribution in [0.1, 0.15) is 5.56 Å². The van der Waals surface area contributed by atoms with Crippen LogP contribution in [0.4, 0.5) is 5.69 Å². The Kier molecular flexibility index (Phi) is 6.20. The summed E-state index contributed by atoms with van der Waals surface area (Å²) >= 11 is 12.6. The van der Waals surface area contributed by atoms with Gasteiger partial charge in [-0.2, -0.15) is 0 Å². The number of carbonyl (C=O) groups is 1. The van der Waals surface area contributed by atoms with Crippen molar-refractivity contribution >= 4 is 72.4 Å². The van der Waals surface area contributed by atoms with Gasteiger partial charge in [-0.25, -0.2) is 9.97 Å². The minimum absolute atomic E-state index is 0.104. The lowest BCUT2D eigenvalue weighted by Gasteiger charge is -2.09. The van der Waals surface area contributed by atoms with Gasteiger partial charge in [0.15, 0.2) is 0 Å². The molecule has 0 saturated carbocycles. The van der Waals surface area contributed by atoms with E-state index in [1.807, 2.05) is 31.2 Å². The summed E-state index contributed by atoms with van der Waals surface area (Å²) in [7, 11) is 0. The minimum atomic E-state index is -0.104. The Labute approximate surface area is 189 Å². The van der Waals surface area contributed by atoms with Crippen molar-refractivity contribution in [2.45, 2.75) is 11.9 Å². The molecule has 2 aromatic carbocycles. The number of rotatable bonds is 5. The zero-order chi connectivity index (χ0) is 20.4. The van der Waals surface area contributed by atoms with Gasteiger partial charge in [0.2, 0.25) is 5.91 Å². The third-order valence-corrected chi connectivity index (χ3v) is 7.19. The third kappa shape index (κ3) is 4.48. The van der Waals surface area contributed by atoms with Crippen LogP contribution in [0.3, 0.4) is 0 Å². The molecule has 146 valence electrons. The number of amides is 1. The van der Waals surface area contributed by atoms with Crippen LogP contribution in [0.15, 0.2) is 63.7 Å². The van der Waals surface area contributed by atoms with Crippen LogP contribution in [-0.2, 0) is 4.79 Å². The fraction of sp³-hybridized carbons (Fsp3) is 0.0952. The van der Waals surface area contributed by atoms with Crippen molar-refractivity contribution in [3.05, 3.63) is 69.2 Å². The van der Waals surface area contributed by atoms with Crippen LogP contribution >= 0.6 is 50.6 Å². The molecule has 0 saturated heterocycles. The monoisotopic (exact) mass is 503 g/mol. The van der Waals surface area contributed by atoms with Gasteiger partial charge >= 0.3 is 0 Å². The number of thioether (sulfide) groups is 1. The van der Waals surface area contributed by atoms with Gasteiger partial charge in [0.25, 0.3) is 0 Å². The molecule has 8 heteroatoms. The van der Waals surface area contributed by atoms with Crippen molar-refractivity contribution in [1.82, 2.24) is 9.97 Å². The smallest absolute Gasteiger partial charge is 0.234 e. The van der Waals surface area contributed by atoms with Gasteiger partial charge in [-0.05, 0) is 42.3 Å². The molecule has 4 aromatic rings. The number of fused-ring (bicyclic) bond motifs is 1. The van der Waals surface area contributed by atoms with E-state index < -0.39 is 0 Å². The van der Waals surface area contributed by atoms with Crippen LogP contribution < -0.4 is 5.32 Å². The Morgan fingerprint density at radius 3 is 2.79 bits per heavy atom. The van der Waals surface area contributed by atoms with E-state index in [-0.39, 0.29) is 11.7 Å². The molecule has 0 radical (unpaired) electrons. The Bertz CT molecular complexity index is 1190. The Morgan fingerprint density at radius 1 is 1.21 bits per heavy atom. The maximum Gasteiger partial charge on any atom is 0.234 e. The standard InChI is InChI=1S/C21H15BrClN3OS2/c1-12-16(23)3-2-4-17(12)26-18(27)10-29-21-19-15(9-28-20(19)24-11-25-21)13-5-7-14(22)8-6-13/h2-9,11H,10H2,1H3,(H,26,27). The summed E-state index contributed by atoms with van der Waals surface area (Å²) in [4.78, 5) is 22.2. The molecule has 4 rings (SSSR count). The largest absolute Gasteiger partial charge is 0.325 e. The Hall–Kier alpha value is -1.93. The summed E-state index contributed by atoms with van der Waals surface area (Å²) in [5, 5.41) is 7.42. The normalized spacial score (nSPS) is 11.0. The number of aromatic nitrogens is 2. The molecule has 0 fully saturated rings. The lowest BCUT2D eigenvalue weighted by molar-refractivity contribution is -0.113. The highest BCUT2D eigenvalue weighted by Gasteiger charge is 2.15. The van der Waals surface area contributed by atoms with Crippen molar-refractivity contribution < 1.29 is 4.79 Å². The number of nitrogens with one attached hydrogen (secondary N) is 1. The maximum atomic E-state index is 12.5. The maximum absolute atomic E-state index is 12.5. The van der Waals surface area contributed by atoms with E-state index in [1.165, 1.54) is 11.8 Å². The second-order valence-corrected chi connectivity index (χ2v) is 9.41. The number of anilines is 1. The van der Waals surface area contributed by atoms with Crippen LogP contribution in [0.25, 0.3) is 21.3 Å². The second kappa shape index (κ2) is 8.83. The molecule has 0 aliphatic rings. The average Bonchev–Trinajstić information content (AvgIpc) is 3.15. The highest BCUT2D eigenvalue weighted by molar-refractivity contribution is 9.10. The number of carbonyl (C=O) groups excluding carboxylic acids is 1. The van der Waals surface area contributed by atoms with Crippen molar-refractivity contribution in [2.75, 3.05) is 11.1 Å². The van der Waals surface area contributed by atoms with Crippen LogP contribution in [-0.4, -0.2) is 21.6 Å². The van der Waals surface area contributed by atoms with Gasteiger partial charge in [-0.1, -0.05) is 57.5 Å². The number of nitrogens with zero attached hydrogens (tertiary/aromatic N) is 2. The summed E-state index contributed by atoms with van der Waals surface area (Å²) in [6, 6.07) is 13.6. The molecule has 29 heavy (non-hydrogen) atoms. The summed E-state index contributed by atoms with van der Waals surface area (Å²) in [6.07, 6.45) is 1.55. The molecule has 1 N–H and O–H groups in total. The fourth-order valence-corrected chi connectivity index (χ4v) is 5.09.